The van der Waals surface area contributed by atoms with Gasteiger partial charge in [-0.3, -0.25) is 9.78 Å². The van der Waals surface area contributed by atoms with Gasteiger partial charge in [-0.25, -0.2) is 4.68 Å². The largest absolute Gasteiger partial charge is 0.278 e. The highest BCUT2D eigenvalue weighted by Gasteiger charge is 2.08. The van der Waals surface area contributed by atoms with E-state index in [2.05, 4.69) is 43.7 Å². The molecule has 1 N–H and O–H groups in total. The molecule has 0 bridgehead atoms. The fraction of sp³-hybridized carbons (Fsp3) is 0.0769. The normalized spacial score (nSPS) is 10.6. The van der Waals surface area contributed by atoms with E-state index in [0.29, 0.717) is 6.54 Å². The summed E-state index contributed by atoms with van der Waals surface area (Å²) in [6.45, 7) is 0.585. The van der Waals surface area contributed by atoms with Crippen molar-refractivity contribution < 1.29 is 0 Å². The van der Waals surface area contributed by atoms with Gasteiger partial charge in [0, 0.05) is 17.2 Å². The number of benzene rings is 3. The molecular weight excluding hydrogens is 410 g/mol. The molecule has 3 heterocycles. The Labute approximate surface area is 190 Å². The molecule has 0 aliphatic rings. The summed E-state index contributed by atoms with van der Waals surface area (Å²) in [6, 6.07) is 24.2. The Morgan fingerprint density at radius 1 is 0.909 bits per heavy atom. The van der Waals surface area contributed by atoms with Crippen LogP contribution in [0.1, 0.15) is 11.3 Å². The molecular formula is C26H21N7. The van der Waals surface area contributed by atoms with Gasteiger partial charge in [-0.05, 0) is 29.8 Å². The molecule has 0 saturated heterocycles. The molecule has 0 aliphatic carbocycles. The van der Waals surface area contributed by atoms with Gasteiger partial charge < -0.3 is 0 Å². The van der Waals surface area contributed by atoms with Crippen molar-refractivity contribution in [2.45, 2.75) is 13.0 Å². The predicted molar refractivity (Wildman–Crippen MR) is 129 cm³/mol. The van der Waals surface area contributed by atoms with E-state index in [1.807, 2.05) is 77.7 Å². The highest BCUT2D eigenvalue weighted by Crippen LogP contribution is 2.17. The lowest BCUT2D eigenvalue weighted by atomic mass is 10.2. The van der Waals surface area contributed by atoms with E-state index in [4.69, 9.17) is 6.42 Å². The lowest BCUT2D eigenvalue weighted by molar-refractivity contribution is 0.692. The number of nitrogens with zero attached hydrogens (tertiary/aromatic N) is 6. The average molecular weight is 432 g/mol. The lowest BCUT2D eigenvalue weighted by Gasteiger charge is -2.00. The van der Waals surface area contributed by atoms with Crippen LogP contribution in [0.15, 0.2) is 91.4 Å². The molecule has 0 saturated carbocycles. The third-order valence-corrected chi connectivity index (χ3v) is 5.24. The fourth-order valence-corrected chi connectivity index (χ4v) is 3.59. The van der Waals surface area contributed by atoms with Crippen LogP contribution in [0, 0.1) is 12.3 Å². The second kappa shape index (κ2) is 9.20. The van der Waals surface area contributed by atoms with Crippen LogP contribution in [-0.4, -0.2) is 35.0 Å². The van der Waals surface area contributed by atoms with Crippen molar-refractivity contribution in [3.63, 3.8) is 0 Å². The van der Waals surface area contributed by atoms with E-state index in [-0.39, 0.29) is 0 Å². The maximum absolute atomic E-state index is 5.11. The van der Waals surface area contributed by atoms with Gasteiger partial charge >= 0.3 is 0 Å². The van der Waals surface area contributed by atoms with Crippen molar-refractivity contribution in [1.29, 1.82) is 0 Å². The molecule has 6 rings (SSSR count). The Kier molecular flexibility index (Phi) is 5.64. The number of fused-ring (bicyclic) bond motifs is 2. The molecule has 6 aromatic rings. The first-order valence-electron chi connectivity index (χ1n) is 10.5. The van der Waals surface area contributed by atoms with E-state index in [1.54, 1.807) is 10.9 Å². The molecule has 0 radical (unpaired) electrons. The molecule has 0 fully saturated rings. The molecule has 160 valence electrons. The maximum atomic E-state index is 5.11. The molecule has 33 heavy (non-hydrogen) atoms. The van der Waals surface area contributed by atoms with Crippen LogP contribution in [0.5, 0.6) is 0 Å². The van der Waals surface area contributed by atoms with E-state index in [9.17, 15) is 0 Å². The summed E-state index contributed by atoms with van der Waals surface area (Å²) in [5.41, 5.74) is 5.11. The number of para-hydroxylation sites is 1. The van der Waals surface area contributed by atoms with Gasteiger partial charge in [-0.15, -0.1) is 17.4 Å². The van der Waals surface area contributed by atoms with Gasteiger partial charge in [0.15, 0.2) is 0 Å². The first-order valence-corrected chi connectivity index (χ1v) is 10.5. The van der Waals surface area contributed by atoms with E-state index in [0.717, 1.165) is 39.6 Å². The summed E-state index contributed by atoms with van der Waals surface area (Å²) in [5, 5.41) is 22.1. The highest BCUT2D eigenvalue weighted by molar-refractivity contribution is 5.80. The summed E-state index contributed by atoms with van der Waals surface area (Å²) in [5.74, 6) is 2.58. The number of hydrogen-bond donors (Lipinski definition) is 1. The number of H-pyrrole nitrogens is 1. The van der Waals surface area contributed by atoms with Crippen molar-refractivity contribution >= 4 is 21.8 Å². The number of terminal acetylenes is 1. The Hall–Kier alpha value is -4.70. The third-order valence-electron chi connectivity index (χ3n) is 5.24. The van der Waals surface area contributed by atoms with Crippen LogP contribution in [0.25, 0.3) is 27.5 Å². The highest BCUT2D eigenvalue weighted by atomic mass is 15.4. The minimum absolute atomic E-state index is 0.585. The van der Waals surface area contributed by atoms with Gasteiger partial charge in [-0.1, -0.05) is 53.7 Å². The Morgan fingerprint density at radius 3 is 2.64 bits per heavy atom. The maximum Gasteiger partial charge on any atom is 0.105 e. The average Bonchev–Trinajstić information content (AvgIpc) is 3.61. The van der Waals surface area contributed by atoms with E-state index >= 15 is 0 Å². The van der Waals surface area contributed by atoms with Gasteiger partial charge in [0.2, 0.25) is 0 Å². The predicted octanol–water partition coefficient (Wildman–Crippen LogP) is 4.40. The number of aromatic amines is 1. The Balaban J connectivity index is 0.000000215. The SMILES string of the molecule is C#CCc1ccccc1.c1ccc2c(c1)cnn2Cc1cn(-c2ccc3[nH]ncc3c2)nn1. The van der Waals surface area contributed by atoms with Crippen molar-refractivity contribution in [3.8, 4) is 18.0 Å². The Bertz CT molecular complexity index is 1530. The molecule has 3 aromatic carbocycles. The number of nitrogens with one attached hydrogen (secondary N) is 1. The van der Waals surface area contributed by atoms with Gasteiger partial charge in [0.25, 0.3) is 0 Å². The molecule has 7 heteroatoms. The molecule has 0 amide bonds. The standard InChI is InChI=1S/C17H13N7.C9H8/c1-2-4-17-12(3-1)9-19-24(17)11-14-10-23(22-20-14)15-5-6-16-13(7-15)8-18-21-16;1-2-6-9-7-4-3-5-8-9/h1-10H,11H2,(H,18,21);1,3-5,7-8H,6H2. The molecule has 7 nitrogen and oxygen atoms in total. The smallest absolute Gasteiger partial charge is 0.105 e. The van der Waals surface area contributed by atoms with Crippen LogP contribution in [0.2, 0.25) is 0 Å². The second-order valence-corrected chi connectivity index (χ2v) is 7.52. The Morgan fingerprint density at radius 2 is 1.76 bits per heavy atom. The third kappa shape index (κ3) is 4.50. The zero-order chi connectivity index (χ0) is 22.5. The number of hydrogen-bond acceptors (Lipinski definition) is 4. The minimum atomic E-state index is 0.585. The van der Waals surface area contributed by atoms with Crippen LogP contribution in [-0.2, 0) is 13.0 Å². The van der Waals surface area contributed by atoms with Gasteiger partial charge in [0.05, 0.1) is 41.9 Å². The van der Waals surface area contributed by atoms with Crippen molar-refractivity contribution in [2.75, 3.05) is 0 Å². The quantitative estimate of drug-likeness (QED) is 0.420. The minimum Gasteiger partial charge on any atom is -0.278 e. The fourth-order valence-electron chi connectivity index (χ4n) is 3.59. The van der Waals surface area contributed by atoms with Gasteiger partial charge in [-0.2, -0.15) is 10.2 Å². The summed E-state index contributed by atoms with van der Waals surface area (Å²) in [7, 11) is 0. The van der Waals surface area contributed by atoms with Crippen LogP contribution >= 0.6 is 0 Å². The van der Waals surface area contributed by atoms with Crippen molar-refractivity contribution in [1.82, 2.24) is 35.0 Å². The summed E-state index contributed by atoms with van der Waals surface area (Å²) >= 11 is 0. The second-order valence-electron chi connectivity index (χ2n) is 7.52. The molecule has 0 atom stereocenters. The molecule has 0 spiro atoms. The summed E-state index contributed by atoms with van der Waals surface area (Å²) in [4.78, 5) is 0. The zero-order valence-electron chi connectivity index (χ0n) is 17.8. The first-order chi connectivity index (χ1) is 16.3. The lowest BCUT2D eigenvalue weighted by Crippen LogP contribution is -2.01. The molecule has 0 unspecified atom stereocenters. The number of aromatic nitrogens is 7. The van der Waals surface area contributed by atoms with Crippen LogP contribution < -0.4 is 0 Å². The monoisotopic (exact) mass is 431 g/mol. The van der Waals surface area contributed by atoms with Crippen molar-refractivity contribution in [3.05, 3.63) is 103 Å². The first kappa shape index (κ1) is 20.2. The topological polar surface area (TPSA) is 77.2 Å². The summed E-state index contributed by atoms with van der Waals surface area (Å²) < 4.78 is 3.70. The van der Waals surface area contributed by atoms with Crippen LogP contribution in [0.3, 0.4) is 0 Å². The molecule has 0 aliphatic heterocycles. The summed E-state index contributed by atoms with van der Waals surface area (Å²) in [6.07, 6.45) is 11.4. The van der Waals surface area contributed by atoms with E-state index < -0.39 is 0 Å². The number of rotatable bonds is 4. The zero-order valence-corrected chi connectivity index (χ0v) is 17.8. The van der Waals surface area contributed by atoms with Gasteiger partial charge in [0.1, 0.15) is 5.69 Å². The van der Waals surface area contributed by atoms with E-state index in [1.165, 1.54) is 5.56 Å². The van der Waals surface area contributed by atoms with Crippen molar-refractivity contribution in [2.24, 2.45) is 0 Å². The van der Waals surface area contributed by atoms with Crippen LogP contribution in [0.4, 0.5) is 0 Å². The molecule has 3 aromatic heterocycles.